The minimum absolute atomic E-state index is 1.07. The van der Waals surface area contributed by atoms with Gasteiger partial charge in [0, 0.05) is 67.0 Å². The van der Waals surface area contributed by atoms with Crippen molar-refractivity contribution in [3.05, 3.63) is 326 Å². The average Bonchev–Trinajstić information content (AvgIpc) is 3.65. The molecule has 0 heterocycles. The minimum Gasteiger partial charge on any atom is -0.310 e. The Kier molecular flexibility index (Phi) is 13.5. The van der Waals surface area contributed by atoms with Crippen LogP contribution in [-0.4, -0.2) is 0 Å². The molecule has 0 spiro atoms. The van der Waals surface area contributed by atoms with Crippen molar-refractivity contribution in [1.29, 1.82) is 0 Å². The van der Waals surface area contributed by atoms with Crippen LogP contribution in [0.25, 0.3) is 54.2 Å². The van der Waals surface area contributed by atoms with Gasteiger partial charge in [-0.05, 0) is 204 Å². The number of fused-ring (bicyclic) bond motifs is 4. The molecule has 0 fully saturated rings. The van der Waals surface area contributed by atoms with E-state index in [1.54, 1.807) is 0 Å². The maximum Gasteiger partial charge on any atom is 0.0540 e. The molecule has 0 atom stereocenters. The molecular formula is C80H62N4. The number of hydrogen-bond acceptors (Lipinski definition) is 4. The molecule has 0 saturated heterocycles. The molecule has 0 unspecified atom stereocenters. The average molecular weight is 1080 g/mol. The SMILES string of the molecule is Cc1cc(C)cc(N(c2ccc(N(c3ccc(-c4ccc(N(c5ccc(N(c6cc(C)cc(C)c6)c6cccc7ccccc67)cc5)c5cccc6ccccc56)cc4)cc3)c3cccc4ccccc34)cc2)c2cccc3ccccc23)c1. The number of anilines is 12. The Morgan fingerprint density at radius 1 is 0.179 bits per heavy atom. The summed E-state index contributed by atoms with van der Waals surface area (Å²) >= 11 is 0. The summed E-state index contributed by atoms with van der Waals surface area (Å²) in [6.07, 6.45) is 0. The Balaban J connectivity index is 0.823. The Labute approximate surface area is 492 Å². The number of aryl methyl sites for hydroxylation is 4. The summed E-state index contributed by atoms with van der Waals surface area (Å²) < 4.78 is 0. The van der Waals surface area contributed by atoms with Crippen molar-refractivity contribution in [2.75, 3.05) is 19.6 Å². The molecule has 4 nitrogen and oxygen atoms in total. The van der Waals surface area contributed by atoms with Crippen LogP contribution in [0, 0.1) is 27.7 Å². The lowest BCUT2D eigenvalue weighted by Crippen LogP contribution is -2.13. The van der Waals surface area contributed by atoms with E-state index in [4.69, 9.17) is 0 Å². The van der Waals surface area contributed by atoms with Crippen LogP contribution in [0.15, 0.2) is 303 Å². The molecule has 0 aromatic heterocycles. The third-order valence-electron chi connectivity index (χ3n) is 16.3. The van der Waals surface area contributed by atoms with Crippen molar-refractivity contribution in [1.82, 2.24) is 0 Å². The molecule has 14 rings (SSSR count). The smallest absolute Gasteiger partial charge is 0.0540 e. The molecule has 14 aromatic carbocycles. The second-order valence-corrected chi connectivity index (χ2v) is 22.2. The summed E-state index contributed by atoms with van der Waals surface area (Å²) in [7, 11) is 0. The first kappa shape index (κ1) is 51.5. The fourth-order valence-corrected chi connectivity index (χ4v) is 12.6. The van der Waals surface area contributed by atoms with Crippen LogP contribution in [0.1, 0.15) is 22.3 Å². The van der Waals surface area contributed by atoms with E-state index in [-0.39, 0.29) is 0 Å². The molecule has 84 heavy (non-hydrogen) atoms. The topological polar surface area (TPSA) is 13.0 Å². The lowest BCUT2D eigenvalue weighted by molar-refractivity contribution is 1.25. The second kappa shape index (κ2) is 22.0. The quantitative estimate of drug-likeness (QED) is 0.114. The van der Waals surface area contributed by atoms with Gasteiger partial charge >= 0.3 is 0 Å². The predicted octanol–water partition coefficient (Wildman–Crippen LogP) is 23.1. The Bertz CT molecular complexity index is 4350. The van der Waals surface area contributed by atoms with Crippen LogP contribution in [0.4, 0.5) is 68.2 Å². The van der Waals surface area contributed by atoms with Gasteiger partial charge in [-0.2, -0.15) is 0 Å². The lowest BCUT2D eigenvalue weighted by atomic mass is 10.0. The van der Waals surface area contributed by atoms with Gasteiger partial charge in [0.25, 0.3) is 0 Å². The summed E-state index contributed by atoms with van der Waals surface area (Å²) in [4.78, 5) is 9.60. The van der Waals surface area contributed by atoms with Crippen LogP contribution < -0.4 is 19.6 Å². The predicted molar refractivity (Wildman–Crippen MR) is 360 cm³/mol. The van der Waals surface area contributed by atoms with Gasteiger partial charge in [-0.25, -0.2) is 0 Å². The van der Waals surface area contributed by atoms with E-state index < -0.39 is 0 Å². The van der Waals surface area contributed by atoms with Crippen LogP contribution in [0.3, 0.4) is 0 Å². The largest absolute Gasteiger partial charge is 0.310 e. The molecule has 0 saturated carbocycles. The summed E-state index contributed by atoms with van der Waals surface area (Å²) in [6.45, 7) is 8.72. The first-order valence-corrected chi connectivity index (χ1v) is 29.0. The summed E-state index contributed by atoms with van der Waals surface area (Å²) in [6, 6.07) is 111. The summed E-state index contributed by atoms with van der Waals surface area (Å²) in [5.74, 6) is 0. The van der Waals surface area contributed by atoms with E-state index in [2.05, 4.69) is 351 Å². The summed E-state index contributed by atoms with van der Waals surface area (Å²) in [5, 5.41) is 9.59. The van der Waals surface area contributed by atoms with Crippen LogP contribution >= 0.6 is 0 Å². The lowest BCUT2D eigenvalue weighted by Gasteiger charge is -2.30. The van der Waals surface area contributed by atoms with Crippen LogP contribution in [-0.2, 0) is 0 Å². The molecular weight excluding hydrogens is 1020 g/mol. The Hall–Kier alpha value is -10.7. The van der Waals surface area contributed by atoms with Crippen molar-refractivity contribution in [2.45, 2.75) is 27.7 Å². The van der Waals surface area contributed by atoms with Crippen molar-refractivity contribution >= 4 is 111 Å². The molecule has 402 valence electrons. The molecule has 14 aromatic rings. The second-order valence-electron chi connectivity index (χ2n) is 22.2. The molecule has 0 amide bonds. The molecule has 0 aliphatic rings. The van der Waals surface area contributed by atoms with Crippen LogP contribution in [0.2, 0.25) is 0 Å². The molecule has 0 N–H and O–H groups in total. The standard InChI is InChI=1S/C80H62N4/c1-55-49-56(2)52-71(51-55)83(79-31-15-23-63-19-7-11-27-75(63)79)69-45-41-67(42-46-69)81(77-29-13-21-61-17-5-9-25-73(61)77)65-37-33-59(34-38-65)60-35-39-66(40-36-60)82(78-30-14-22-62-18-6-10-26-74(62)78)68-43-47-70(48-44-68)84(72-53-57(3)50-58(4)54-72)80-32-16-24-64-20-8-12-28-76(64)80/h5-54H,1-4H3. The zero-order valence-corrected chi connectivity index (χ0v) is 47.7. The Morgan fingerprint density at radius 2 is 0.381 bits per heavy atom. The number of hydrogen-bond donors (Lipinski definition) is 0. The highest BCUT2D eigenvalue weighted by Gasteiger charge is 2.22. The van der Waals surface area contributed by atoms with Crippen molar-refractivity contribution in [3.8, 4) is 11.1 Å². The van der Waals surface area contributed by atoms with Gasteiger partial charge in [-0.3, -0.25) is 0 Å². The van der Waals surface area contributed by atoms with Crippen LogP contribution in [0.5, 0.6) is 0 Å². The highest BCUT2D eigenvalue weighted by Crippen LogP contribution is 2.46. The fraction of sp³-hybridized carbons (Fsp3) is 0.0500. The van der Waals surface area contributed by atoms with Gasteiger partial charge < -0.3 is 19.6 Å². The first-order valence-electron chi connectivity index (χ1n) is 29.0. The van der Waals surface area contributed by atoms with Gasteiger partial charge in [0.2, 0.25) is 0 Å². The normalized spacial score (nSPS) is 11.3. The number of nitrogens with zero attached hydrogens (tertiary/aromatic N) is 4. The number of benzene rings is 14. The van der Waals surface area contributed by atoms with Gasteiger partial charge in [0.1, 0.15) is 0 Å². The highest BCUT2D eigenvalue weighted by atomic mass is 15.2. The maximum absolute atomic E-state index is 2.40. The van der Waals surface area contributed by atoms with Gasteiger partial charge in [0.05, 0.1) is 22.7 Å². The molecule has 0 aliphatic carbocycles. The highest BCUT2D eigenvalue weighted by molar-refractivity contribution is 6.03. The zero-order valence-electron chi connectivity index (χ0n) is 47.7. The third-order valence-corrected chi connectivity index (χ3v) is 16.3. The molecule has 0 bridgehead atoms. The van der Waals surface area contributed by atoms with Gasteiger partial charge in [-0.15, -0.1) is 0 Å². The monoisotopic (exact) mass is 1080 g/mol. The fourth-order valence-electron chi connectivity index (χ4n) is 12.6. The third kappa shape index (κ3) is 9.84. The van der Waals surface area contributed by atoms with Crippen molar-refractivity contribution < 1.29 is 0 Å². The van der Waals surface area contributed by atoms with E-state index in [0.717, 1.165) is 79.4 Å². The van der Waals surface area contributed by atoms with E-state index >= 15 is 0 Å². The number of rotatable bonds is 13. The minimum atomic E-state index is 1.07. The molecule has 4 heteroatoms. The van der Waals surface area contributed by atoms with Crippen molar-refractivity contribution in [2.24, 2.45) is 0 Å². The van der Waals surface area contributed by atoms with Gasteiger partial charge in [0.15, 0.2) is 0 Å². The molecule has 0 radical (unpaired) electrons. The molecule has 0 aliphatic heterocycles. The van der Waals surface area contributed by atoms with Crippen molar-refractivity contribution in [3.63, 3.8) is 0 Å². The van der Waals surface area contributed by atoms with E-state index in [1.165, 1.54) is 65.3 Å². The van der Waals surface area contributed by atoms with E-state index in [1.807, 2.05) is 0 Å². The summed E-state index contributed by atoms with van der Waals surface area (Å²) in [5.41, 5.74) is 20.4. The van der Waals surface area contributed by atoms with E-state index in [0.29, 0.717) is 0 Å². The first-order chi connectivity index (χ1) is 41.3. The van der Waals surface area contributed by atoms with Gasteiger partial charge in [-0.1, -0.05) is 182 Å². The maximum atomic E-state index is 2.40. The zero-order chi connectivity index (χ0) is 56.7. The van der Waals surface area contributed by atoms with E-state index in [9.17, 15) is 0 Å². The Morgan fingerprint density at radius 3 is 0.631 bits per heavy atom.